The molecule has 0 amide bonds. The molecule has 0 spiro atoms. The normalized spacial score (nSPS) is 10.7. The first-order chi connectivity index (χ1) is 8.40. The summed E-state index contributed by atoms with van der Waals surface area (Å²) in [6, 6.07) is 4.20. The van der Waals surface area contributed by atoms with Crippen molar-refractivity contribution in [3.8, 4) is 5.75 Å². The number of phenols is 1. The van der Waals surface area contributed by atoms with Crippen LogP contribution in [-0.2, 0) is 0 Å². The van der Waals surface area contributed by atoms with Crippen LogP contribution in [0.15, 0.2) is 22.7 Å². The number of H-pyrrole nitrogens is 1. The predicted molar refractivity (Wildman–Crippen MR) is 69.7 cm³/mol. The summed E-state index contributed by atoms with van der Waals surface area (Å²) in [6.45, 7) is 1.63. The smallest absolute Gasteiger partial charge is 0.213 e. The Hall–Kier alpha value is -1.33. The third-order valence-electron chi connectivity index (χ3n) is 2.48. The van der Waals surface area contributed by atoms with Crippen LogP contribution in [0.1, 0.15) is 21.6 Å². The number of hydrogen-bond donors (Lipinski definition) is 2. The largest absolute Gasteiger partial charge is 0.507 e. The number of nitrogens with one attached hydrogen (secondary N) is 1. The first-order valence-corrected chi connectivity index (χ1v) is 6.15. The highest BCUT2D eigenvalue weighted by Gasteiger charge is 2.19. The Labute approximate surface area is 116 Å². The lowest BCUT2D eigenvalue weighted by molar-refractivity contribution is 0.103. The van der Waals surface area contributed by atoms with E-state index in [9.17, 15) is 14.3 Å². The summed E-state index contributed by atoms with van der Waals surface area (Å²) in [5, 5.41) is 10.2. The fourth-order valence-electron chi connectivity index (χ4n) is 1.58. The lowest BCUT2D eigenvalue weighted by atomic mass is 10.0. The molecule has 2 rings (SSSR count). The third kappa shape index (κ3) is 2.28. The zero-order valence-electron chi connectivity index (χ0n) is 9.22. The molecule has 2 aromatic rings. The van der Waals surface area contributed by atoms with Crippen molar-refractivity contribution < 1.29 is 14.3 Å². The van der Waals surface area contributed by atoms with Crippen molar-refractivity contribution in [3.05, 3.63) is 50.5 Å². The quantitative estimate of drug-likeness (QED) is 0.822. The van der Waals surface area contributed by atoms with E-state index >= 15 is 0 Å². The number of carbonyl (C=O) groups excluding carboxylic acids is 1. The average Bonchev–Trinajstić information content (AvgIpc) is 2.63. The number of ketones is 1. The van der Waals surface area contributed by atoms with Crippen molar-refractivity contribution in [2.45, 2.75) is 6.92 Å². The number of aryl methyl sites for hydroxylation is 1. The highest BCUT2D eigenvalue weighted by atomic mass is 79.9. The Morgan fingerprint density at radius 2 is 2.11 bits per heavy atom. The summed E-state index contributed by atoms with van der Waals surface area (Å²) < 4.78 is 13.3. The summed E-state index contributed by atoms with van der Waals surface area (Å²) in [5.74, 6) is -1.32. The Morgan fingerprint density at radius 1 is 1.44 bits per heavy atom. The Kier molecular flexibility index (Phi) is 3.45. The zero-order valence-corrected chi connectivity index (χ0v) is 11.6. The maximum absolute atomic E-state index is 13.1. The van der Waals surface area contributed by atoms with E-state index in [1.54, 1.807) is 13.0 Å². The fraction of sp³-hybridized carbons (Fsp3) is 0.0833. The molecular weight excluding hydrogens is 324 g/mol. The molecule has 0 radical (unpaired) electrons. The molecule has 0 unspecified atom stereocenters. The van der Waals surface area contributed by atoms with Gasteiger partial charge < -0.3 is 10.1 Å². The topological polar surface area (TPSA) is 53.1 Å². The number of aromatic amines is 1. The van der Waals surface area contributed by atoms with E-state index < -0.39 is 11.7 Å². The van der Waals surface area contributed by atoms with Gasteiger partial charge in [0.1, 0.15) is 5.75 Å². The van der Waals surface area contributed by atoms with Crippen LogP contribution in [0.25, 0.3) is 0 Å². The molecule has 0 atom stereocenters. The van der Waals surface area contributed by atoms with Crippen molar-refractivity contribution >= 4 is 33.3 Å². The minimum absolute atomic E-state index is 0.0359. The van der Waals surface area contributed by atoms with Crippen molar-refractivity contribution in [1.29, 1.82) is 0 Å². The number of aromatic hydroxyl groups is 1. The van der Waals surface area contributed by atoms with Gasteiger partial charge in [-0.15, -0.1) is 0 Å². The SMILES string of the molecule is Cc1cc(Cl)cc(C(=O)c2cc(Br)c(F)[nH]2)c1O. The second-order valence-electron chi connectivity index (χ2n) is 3.79. The standard InChI is InChI=1S/C12H8BrClFNO2/c1-5-2-6(14)3-7(10(5)17)11(18)9-4-8(13)12(15)16-9/h2-4,16-17H,1H3. The average molecular weight is 333 g/mol. The first-order valence-electron chi connectivity index (χ1n) is 4.98. The molecule has 1 aromatic heterocycles. The van der Waals surface area contributed by atoms with Gasteiger partial charge in [-0.25, -0.2) is 0 Å². The number of phenolic OH excluding ortho intramolecular Hbond substituents is 1. The van der Waals surface area contributed by atoms with Gasteiger partial charge in [0.15, 0.2) is 0 Å². The minimum atomic E-state index is -0.642. The monoisotopic (exact) mass is 331 g/mol. The molecule has 18 heavy (non-hydrogen) atoms. The number of hydrogen-bond acceptors (Lipinski definition) is 2. The highest BCUT2D eigenvalue weighted by Crippen LogP contribution is 2.29. The van der Waals surface area contributed by atoms with Crippen LogP contribution < -0.4 is 0 Å². The highest BCUT2D eigenvalue weighted by molar-refractivity contribution is 9.10. The molecule has 0 aliphatic rings. The molecule has 1 heterocycles. The molecule has 0 aliphatic heterocycles. The van der Waals surface area contributed by atoms with Crippen LogP contribution >= 0.6 is 27.5 Å². The van der Waals surface area contributed by atoms with E-state index in [1.807, 2.05) is 0 Å². The van der Waals surface area contributed by atoms with Gasteiger partial charge in [-0.2, -0.15) is 4.39 Å². The summed E-state index contributed by atoms with van der Waals surface area (Å²) in [4.78, 5) is 14.4. The summed E-state index contributed by atoms with van der Waals surface area (Å²) >= 11 is 8.79. The molecule has 1 aromatic carbocycles. The van der Waals surface area contributed by atoms with Crippen molar-refractivity contribution in [2.24, 2.45) is 0 Å². The van der Waals surface area contributed by atoms with Gasteiger partial charge in [-0.1, -0.05) is 11.6 Å². The minimum Gasteiger partial charge on any atom is -0.507 e. The second-order valence-corrected chi connectivity index (χ2v) is 5.08. The van der Waals surface area contributed by atoms with Gasteiger partial charge in [0.2, 0.25) is 11.7 Å². The molecule has 0 saturated carbocycles. The van der Waals surface area contributed by atoms with Gasteiger partial charge >= 0.3 is 0 Å². The van der Waals surface area contributed by atoms with E-state index in [0.717, 1.165) is 0 Å². The van der Waals surface area contributed by atoms with E-state index in [1.165, 1.54) is 12.1 Å². The van der Waals surface area contributed by atoms with Gasteiger partial charge in [0.25, 0.3) is 0 Å². The molecule has 0 fully saturated rings. The molecule has 94 valence electrons. The van der Waals surface area contributed by atoms with E-state index in [-0.39, 0.29) is 21.5 Å². The number of carbonyl (C=O) groups is 1. The number of halogens is 3. The second kappa shape index (κ2) is 4.74. The predicted octanol–water partition coefficient (Wildman–Crippen LogP) is 3.81. The van der Waals surface area contributed by atoms with Crippen LogP contribution in [0.4, 0.5) is 4.39 Å². The Bertz CT molecular complexity index is 620. The lowest BCUT2D eigenvalue weighted by Crippen LogP contribution is -2.03. The fourth-order valence-corrected chi connectivity index (χ4v) is 2.18. The van der Waals surface area contributed by atoms with E-state index in [2.05, 4.69) is 20.9 Å². The maximum Gasteiger partial charge on any atom is 0.213 e. The molecule has 6 heteroatoms. The Balaban J connectivity index is 2.52. The van der Waals surface area contributed by atoms with E-state index in [4.69, 9.17) is 11.6 Å². The van der Waals surface area contributed by atoms with E-state index in [0.29, 0.717) is 10.6 Å². The van der Waals surface area contributed by atoms with Gasteiger partial charge in [0.05, 0.1) is 15.7 Å². The number of rotatable bonds is 2. The molecule has 0 saturated heterocycles. The maximum atomic E-state index is 13.1. The molecule has 0 bridgehead atoms. The van der Waals surface area contributed by atoms with Crippen molar-refractivity contribution in [1.82, 2.24) is 4.98 Å². The summed E-state index contributed by atoms with van der Waals surface area (Å²) in [7, 11) is 0. The molecule has 2 N–H and O–H groups in total. The lowest BCUT2D eigenvalue weighted by Gasteiger charge is -2.06. The van der Waals surface area contributed by atoms with Crippen molar-refractivity contribution in [2.75, 3.05) is 0 Å². The van der Waals surface area contributed by atoms with Crippen LogP contribution in [0, 0.1) is 12.9 Å². The van der Waals surface area contributed by atoms with Crippen LogP contribution in [-0.4, -0.2) is 15.9 Å². The molecule has 0 aliphatic carbocycles. The van der Waals surface area contributed by atoms with Crippen molar-refractivity contribution in [3.63, 3.8) is 0 Å². The van der Waals surface area contributed by atoms with Gasteiger partial charge in [0, 0.05) is 5.02 Å². The number of aromatic nitrogens is 1. The van der Waals surface area contributed by atoms with Gasteiger partial charge in [-0.05, 0) is 46.6 Å². The van der Waals surface area contributed by atoms with Crippen LogP contribution in [0.2, 0.25) is 5.02 Å². The van der Waals surface area contributed by atoms with Crippen LogP contribution in [0.3, 0.4) is 0 Å². The summed E-state index contributed by atoms with van der Waals surface area (Å²) in [6.07, 6.45) is 0. The van der Waals surface area contributed by atoms with Crippen LogP contribution in [0.5, 0.6) is 5.75 Å². The summed E-state index contributed by atoms with van der Waals surface area (Å²) in [5.41, 5.74) is 0.557. The number of benzene rings is 1. The van der Waals surface area contributed by atoms with Gasteiger partial charge in [-0.3, -0.25) is 4.79 Å². The Morgan fingerprint density at radius 3 is 2.67 bits per heavy atom. The molecule has 3 nitrogen and oxygen atoms in total. The first kappa shape index (κ1) is 13.1. The third-order valence-corrected chi connectivity index (χ3v) is 3.27. The molecular formula is C12H8BrClFNO2. The zero-order chi connectivity index (χ0) is 13.4.